The van der Waals surface area contributed by atoms with Crippen molar-refractivity contribution in [1.29, 1.82) is 0 Å². The van der Waals surface area contributed by atoms with Crippen LogP contribution in [0.2, 0.25) is 0 Å². The summed E-state index contributed by atoms with van der Waals surface area (Å²) in [6.07, 6.45) is 4.51. The van der Waals surface area contributed by atoms with Crippen molar-refractivity contribution < 1.29 is 0 Å². The third-order valence-electron chi connectivity index (χ3n) is 3.13. The van der Waals surface area contributed by atoms with Crippen molar-refractivity contribution in [3.63, 3.8) is 0 Å². The summed E-state index contributed by atoms with van der Waals surface area (Å²) < 4.78 is 0. The lowest BCUT2D eigenvalue weighted by Crippen LogP contribution is -2.35. The normalized spacial score (nSPS) is 19.3. The van der Waals surface area contributed by atoms with Crippen LogP contribution in [0.15, 0.2) is 11.6 Å². The number of likely N-dealkylation sites (tertiary alicyclic amines) is 1. The average molecular weight is 225 g/mol. The van der Waals surface area contributed by atoms with Crippen LogP contribution in [-0.2, 0) is 0 Å². The van der Waals surface area contributed by atoms with Crippen molar-refractivity contribution in [2.45, 2.75) is 19.8 Å². The van der Waals surface area contributed by atoms with Crippen molar-refractivity contribution in [3.05, 3.63) is 11.6 Å². The van der Waals surface area contributed by atoms with Crippen molar-refractivity contribution in [1.82, 2.24) is 9.88 Å². The molecule has 0 atom stereocenters. The fourth-order valence-electron chi connectivity index (χ4n) is 2.05. The average Bonchev–Trinajstić information content (AvgIpc) is 2.80. The first-order valence-electron chi connectivity index (χ1n) is 5.74. The van der Waals surface area contributed by atoms with E-state index in [1.807, 2.05) is 11.6 Å². The number of hydrogen-bond donors (Lipinski definition) is 1. The second-order valence-electron chi connectivity index (χ2n) is 4.10. The van der Waals surface area contributed by atoms with Gasteiger partial charge in [-0.25, -0.2) is 4.98 Å². The summed E-state index contributed by atoms with van der Waals surface area (Å²) in [4.78, 5) is 6.76. The first kappa shape index (κ1) is 10.9. The maximum absolute atomic E-state index is 4.23. The van der Waals surface area contributed by atoms with Crippen molar-refractivity contribution in [2.75, 3.05) is 31.5 Å². The Morgan fingerprint density at radius 3 is 2.93 bits per heavy atom. The maximum atomic E-state index is 4.23. The van der Waals surface area contributed by atoms with Crippen molar-refractivity contribution in [3.8, 4) is 0 Å². The van der Waals surface area contributed by atoms with Crippen LogP contribution < -0.4 is 5.32 Å². The van der Waals surface area contributed by atoms with E-state index in [9.17, 15) is 0 Å². The SMILES string of the molecule is CCN1CCC(CNc2nccs2)CC1. The van der Waals surface area contributed by atoms with E-state index in [4.69, 9.17) is 0 Å². The molecular weight excluding hydrogens is 206 g/mol. The first-order valence-corrected chi connectivity index (χ1v) is 6.62. The van der Waals surface area contributed by atoms with Gasteiger partial charge in [-0.15, -0.1) is 11.3 Å². The largest absolute Gasteiger partial charge is 0.361 e. The summed E-state index contributed by atoms with van der Waals surface area (Å²) in [5.41, 5.74) is 0. The lowest BCUT2D eigenvalue weighted by molar-refractivity contribution is 0.198. The molecule has 0 aliphatic carbocycles. The first-order chi connectivity index (χ1) is 7.38. The number of anilines is 1. The summed E-state index contributed by atoms with van der Waals surface area (Å²) >= 11 is 1.68. The van der Waals surface area contributed by atoms with Gasteiger partial charge in [0.15, 0.2) is 5.13 Å². The second-order valence-corrected chi connectivity index (χ2v) is 4.99. The van der Waals surface area contributed by atoms with Crippen LogP contribution in [0.25, 0.3) is 0 Å². The summed E-state index contributed by atoms with van der Waals surface area (Å²) in [6, 6.07) is 0. The summed E-state index contributed by atoms with van der Waals surface area (Å²) in [7, 11) is 0. The zero-order valence-electron chi connectivity index (χ0n) is 9.28. The highest BCUT2D eigenvalue weighted by Crippen LogP contribution is 2.18. The molecule has 0 radical (unpaired) electrons. The topological polar surface area (TPSA) is 28.2 Å². The highest BCUT2D eigenvalue weighted by Gasteiger charge is 2.17. The molecular formula is C11H19N3S. The molecule has 1 aliphatic heterocycles. The molecule has 1 aromatic heterocycles. The van der Waals surface area contributed by atoms with Gasteiger partial charge in [-0.05, 0) is 38.4 Å². The number of nitrogens with one attached hydrogen (secondary N) is 1. The van der Waals surface area contributed by atoms with E-state index < -0.39 is 0 Å². The van der Waals surface area contributed by atoms with Crippen LogP contribution in [0.1, 0.15) is 19.8 Å². The van der Waals surface area contributed by atoms with Crippen LogP contribution in [0.4, 0.5) is 5.13 Å². The van der Waals surface area contributed by atoms with Gasteiger partial charge in [-0.2, -0.15) is 0 Å². The fourth-order valence-corrected chi connectivity index (χ4v) is 2.59. The number of rotatable bonds is 4. The number of thiazole rings is 1. The zero-order valence-corrected chi connectivity index (χ0v) is 10.1. The molecule has 4 heteroatoms. The Balaban J connectivity index is 1.69. The predicted molar refractivity (Wildman–Crippen MR) is 65.4 cm³/mol. The van der Waals surface area contributed by atoms with Gasteiger partial charge in [0.05, 0.1) is 0 Å². The Morgan fingerprint density at radius 2 is 2.33 bits per heavy atom. The molecule has 0 amide bonds. The van der Waals surface area contributed by atoms with Gasteiger partial charge in [0.1, 0.15) is 0 Å². The van der Waals surface area contributed by atoms with Gasteiger partial charge in [-0.1, -0.05) is 6.92 Å². The lowest BCUT2D eigenvalue weighted by Gasteiger charge is -2.30. The van der Waals surface area contributed by atoms with E-state index in [2.05, 4.69) is 22.1 Å². The Labute approximate surface area is 95.5 Å². The van der Waals surface area contributed by atoms with Crippen molar-refractivity contribution >= 4 is 16.5 Å². The molecule has 0 aromatic carbocycles. The summed E-state index contributed by atoms with van der Waals surface area (Å²) in [5, 5.41) is 6.49. The molecule has 0 spiro atoms. The Hall–Kier alpha value is -0.610. The standard InChI is InChI=1S/C11H19N3S/c1-2-14-6-3-10(4-7-14)9-13-11-12-5-8-15-11/h5,8,10H,2-4,6-7,9H2,1H3,(H,12,13). The zero-order chi connectivity index (χ0) is 10.5. The minimum absolute atomic E-state index is 0.830. The number of piperidine rings is 1. The molecule has 1 saturated heterocycles. The fraction of sp³-hybridized carbons (Fsp3) is 0.727. The molecule has 15 heavy (non-hydrogen) atoms. The molecule has 2 heterocycles. The van der Waals surface area contributed by atoms with E-state index in [1.165, 1.54) is 32.5 Å². The van der Waals surface area contributed by atoms with Crippen LogP contribution in [0.5, 0.6) is 0 Å². The lowest BCUT2D eigenvalue weighted by atomic mass is 9.97. The molecule has 1 aliphatic rings. The van der Waals surface area contributed by atoms with Crippen LogP contribution in [-0.4, -0.2) is 36.1 Å². The van der Waals surface area contributed by atoms with Gasteiger partial charge in [0.2, 0.25) is 0 Å². The number of nitrogens with zero attached hydrogens (tertiary/aromatic N) is 2. The molecule has 0 saturated carbocycles. The Morgan fingerprint density at radius 1 is 1.53 bits per heavy atom. The molecule has 0 unspecified atom stereocenters. The quantitative estimate of drug-likeness (QED) is 0.852. The van der Waals surface area contributed by atoms with Crippen LogP contribution >= 0.6 is 11.3 Å². The molecule has 1 fully saturated rings. The monoisotopic (exact) mass is 225 g/mol. The van der Waals surface area contributed by atoms with E-state index in [0.717, 1.165) is 17.6 Å². The third kappa shape index (κ3) is 3.18. The molecule has 84 valence electrons. The third-order valence-corrected chi connectivity index (χ3v) is 3.86. The molecule has 1 N–H and O–H groups in total. The van der Waals surface area contributed by atoms with E-state index >= 15 is 0 Å². The van der Waals surface area contributed by atoms with Gasteiger partial charge < -0.3 is 10.2 Å². The Bertz CT molecular complexity index is 265. The molecule has 3 nitrogen and oxygen atoms in total. The highest BCUT2D eigenvalue weighted by molar-refractivity contribution is 7.13. The van der Waals surface area contributed by atoms with E-state index in [1.54, 1.807) is 11.3 Å². The minimum Gasteiger partial charge on any atom is -0.361 e. The predicted octanol–water partition coefficient (Wildman–Crippen LogP) is 2.29. The van der Waals surface area contributed by atoms with Crippen LogP contribution in [0, 0.1) is 5.92 Å². The summed E-state index contributed by atoms with van der Waals surface area (Å²) in [6.45, 7) is 7.06. The Kier molecular flexibility index (Phi) is 3.97. The minimum atomic E-state index is 0.830. The maximum Gasteiger partial charge on any atom is 0.182 e. The van der Waals surface area contributed by atoms with Gasteiger partial charge in [-0.3, -0.25) is 0 Å². The smallest absolute Gasteiger partial charge is 0.182 e. The number of hydrogen-bond acceptors (Lipinski definition) is 4. The van der Waals surface area contributed by atoms with Crippen LogP contribution in [0.3, 0.4) is 0 Å². The highest BCUT2D eigenvalue weighted by atomic mass is 32.1. The second kappa shape index (κ2) is 5.47. The molecule has 0 bridgehead atoms. The molecule has 2 rings (SSSR count). The number of aromatic nitrogens is 1. The van der Waals surface area contributed by atoms with Gasteiger partial charge >= 0.3 is 0 Å². The molecule has 1 aromatic rings. The van der Waals surface area contributed by atoms with E-state index in [-0.39, 0.29) is 0 Å². The summed E-state index contributed by atoms with van der Waals surface area (Å²) in [5.74, 6) is 0.830. The van der Waals surface area contributed by atoms with Gasteiger partial charge in [0, 0.05) is 18.1 Å². The van der Waals surface area contributed by atoms with E-state index in [0.29, 0.717) is 0 Å². The van der Waals surface area contributed by atoms with Gasteiger partial charge in [0.25, 0.3) is 0 Å². The van der Waals surface area contributed by atoms with Crippen molar-refractivity contribution in [2.24, 2.45) is 5.92 Å².